The SMILES string of the molecule is COc1ccc(CCC(=O)NC(C)c2cnn(-c3ccc(F)cc3)c2C)cc1F. The van der Waals surface area contributed by atoms with Crippen molar-refractivity contribution in [2.75, 3.05) is 7.11 Å². The van der Waals surface area contributed by atoms with Gasteiger partial charge in [0.05, 0.1) is 25.0 Å². The first-order valence-corrected chi connectivity index (χ1v) is 9.31. The fraction of sp³-hybridized carbons (Fsp3) is 0.273. The van der Waals surface area contributed by atoms with Crippen LogP contribution in [-0.4, -0.2) is 22.8 Å². The van der Waals surface area contributed by atoms with Crippen LogP contribution in [0.5, 0.6) is 5.75 Å². The first kappa shape index (κ1) is 20.5. The summed E-state index contributed by atoms with van der Waals surface area (Å²) in [6.45, 7) is 3.78. The van der Waals surface area contributed by atoms with Crippen LogP contribution in [0.15, 0.2) is 48.7 Å². The van der Waals surface area contributed by atoms with Crippen molar-refractivity contribution >= 4 is 5.91 Å². The molecular formula is C22H23F2N3O2. The van der Waals surface area contributed by atoms with Gasteiger partial charge in [-0.2, -0.15) is 5.10 Å². The van der Waals surface area contributed by atoms with Crippen molar-refractivity contribution < 1.29 is 18.3 Å². The molecule has 1 heterocycles. The average Bonchev–Trinajstić information content (AvgIpc) is 3.08. The van der Waals surface area contributed by atoms with Crippen LogP contribution in [0.1, 0.15) is 36.2 Å². The molecule has 0 aliphatic carbocycles. The van der Waals surface area contributed by atoms with E-state index in [0.717, 1.165) is 22.5 Å². The number of methoxy groups -OCH3 is 1. The molecule has 0 aliphatic rings. The van der Waals surface area contributed by atoms with Crippen LogP contribution in [0.3, 0.4) is 0 Å². The Hall–Kier alpha value is -3.22. The first-order chi connectivity index (χ1) is 13.9. The molecule has 3 aromatic rings. The summed E-state index contributed by atoms with van der Waals surface area (Å²) in [5.41, 5.74) is 3.21. The van der Waals surface area contributed by atoms with Crippen LogP contribution < -0.4 is 10.1 Å². The fourth-order valence-electron chi connectivity index (χ4n) is 3.20. The first-order valence-electron chi connectivity index (χ1n) is 9.31. The Labute approximate surface area is 168 Å². The largest absolute Gasteiger partial charge is 0.494 e. The predicted molar refractivity (Wildman–Crippen MR) is 106 cm³/mol. The number of hydrogen-bond acceptors (Lipinski definition) is 3. The summed E-state index contributed by atoms with van der Waals surface area (Å²) in [4.78, 5) is 12.3. The summed E-state index contributed by atoms with van der Waals surface area (Å²) in [5, 5.41) is 7.30. The molecule has 29 heavy (non-hydrogen) atoms. The van der Waals surface area contributed by atoms with E-state index in [9.17, 15) is 13.6 Å². The Morgan fingerprint density at radius 3 is 2.59 bits per heavy atom. The number of nitrogens with zero attached hydrogens (tertiary/aromatic N) is 2. The molecule has 0 fully saturated rings. The fourth-order valence-corrected chi connectivity index (χ4v) is 3.20. The standard InChI is InChI=1S/C22H23F2N3O2/c1-14(19-13-25-27(15(19)2)18-8-6-17(23)7-9-18)26-22(28)11-5-16-4-10-21(29-3)20(24)12-16/h4,6-10,12-14H,5,11H2,1-3H3,(H,26,28). The van der Waals surface area contributed by atoms with Crippen LogP contribution in [-0.2, 0) is 11.2 Å². The van der Waals surface area contributed by atoms with E-state index >= 15 is 0 Å². The molecule has 1 N–H and O–H groups in total. The van der Waals surface area contributed by atoms with E-state index < -0.39 is 5.82 Å². The minimum absolute atomic E-state index is 0.136. The smallest absolute Gasteiger partial charge is 0.220 e. The Balaban J connectivity index is 1.61. The van der Waals surface area contributed by atoms with Crippen LogP contribution in [0.2, 0.25) is 0 Å². The summed E-state index contributed by atoms with van der Waals surface area (Å²) < 4.78 is 33.5. The second-order valence-electron chi connectivity index (χ2n) is 6.83. The van der Waals surface area contributed by atoms with Gasteiger partial charge < -0.3 is 10.1 Å². The summed E-state index contributed by atoms with van der Waals surface area (Å²) in [6.07, 6.45) is 2.36. The lowest BCUT2D eigenvalue weighted by Gasteiger charge is -2.14. The van der Waals surface area contributed by atoms with Crippen molar-refractivity contribution in [1.29, 1.82) is 0 Å². The molecule has 0 saturated heterocycles. The topological polar surface area (TPSA) is 56.1 Å². The van der Waals surface area contributed by atoms with Crippen LogP contribution in [0, 0.1) is 18.6 Å². The highest BCUT2D eigenvalue weighted by atomic mass is 19.1. The second kappa shape index (κ2) is 8.86. The molecule has 0 aliphatic heterocycles. The van der Waals surface area contributed by atoms with E-state index in [1.165, 1.54) is 25.3 Å². The zero-order valence-electron chi connectivity index (χ0n) is 16.6. The quantitative estimate of drug-likeness (QED) is 0.645. The number of benzene rings is 2. The number of rotatable bonds is 7. The minimum atomic E-state index is -0.442. The molecule has 152 valence electrons. The molecule has 1 atom stereocenters. The van der Waals surface area contributed by atoms with E-state index in [4.69, 9.17) is 4.74 Å². The number of nitrogens with one attached hydrogen (secondary N) is 1. The predicted octanol–water partition coefficient (Wildman–Crippen LogP) is 4.28. The molecular weight excluding hydrogens is 376 g/mol. The third kappa shape index (κ3) is 4.80. The lowest BCUT2D eigenvalue weighted by molar-refractivity contribution is -0.121. The van der Waals surface area contributed by atoms with Crippen molar-refractivity contribution in [2.24, 2.45) is 0 Å². The van der Waals surface area contributed by atoms with Gasteiger partial charge in [0.25, 0.3) is 0 Å². The highest BCUT2D eigenvalue weighted by molar-refractivity contribution is 5.76. The Morgan fingerprint density at radius 2 is 1.93 bits per heavy atom. The molecule has 0 radical (unpaired) electrons. The molecule has 7 heteroatoms. The molecule has 1 unspecified atom stereocenters. The minimum Gasteiger partial charge on any atom is -0.494 e. The number of ether oxygens (including phenoxy) is 1. The van der Waals surface area contributed by atoms with Gasteiger partial charge in [-0.3, -0.25) is 4.79 Å². The van der Waals surface area contributed by atoms with E-state index in [0.29, 0.717) is 6.42 Å². The lowest BCUT2D eigenvalue weighted by Crippen LogP contribution is -2.27. The van der Waals surface area contributed by atoms with Crippen molar-refractivity contribution in [1.82, 2.24) is 15.1 Å². The van der Waals surface area contributed by atoms with Crippen LogP contribution >= 0.6 is 0 Å². The third-order valence-corrected chi connectivity index (χ3v) is 4.82. The van der Waals surface area contributed by atoms with Crippen LogP contribution in [0.4, 0.5) is 8.78 Å². The number of aryl methyl sites for hydroxylation is 1. The maximum atomic E-state index is 13.8. The van der Waals surface area contributed by atoms with Crippen molar-refractivity contribution in [2.45, 2.75) is 32.7 Å². The molecule has 1 amide bonds. The Bertz CT molecular complexity index is 1000. The molecule has 0 spiro atoms. The van der Waals surface area contributed by atoms with Gasteiger partial charge in [-0.15, -0.1) is 0 Å². The Morgan fingerprint density at radius 1 is 1.21 bits per heavy atom. The number of hydrogen-bond donors (Lipinski definition) is 1. The number of carbonyl (C=O) groups is 1. The summed E-state index contributed by atoms with van der Waals surface area (Å²) in [5.74, 6) is -0.707. The number of carbonyl (C=O) groups excluding carboxylic acids is 1. The van der Waals surface area contributed by atoms with E-state index in [1.54, 1.807) is 35.1 Å². The van der Waals surface area contributed by atoms with Crippen LogP contribution in [0.25, 0.3) is 5.69 Å². The second-order valence-corrected chi connectivity index (χ2v) is 6.83. The van der Waals surface area contributed by atoms with Gasteiger partial charge in [0.1, 0.15) is 5.82 Å². The van der Waals surface area contributed by atoms with Gasteiger partial charge in [-0.1, -0.05) is 6.07 Å². The maximum Gasteiger partial charge on any atom is 0.220 e. The van der Waals surface area contributed by atoms with Gasteiger partial charge in [0.2, 0.25) is 5.91 Å². The molecule has 1 aromatic heterocycles. The molecule has 0 saturated carbocycles. The zero-order chi connectivity index (χ0) is 21.0. The van der Waals surface area contributed by atoms with Gasteiger partial charge in [-0.25, -0.2) is 13.5 Å². The number of halogens is 2. The van der Waals surface area contributed by atoms with Crippen molar-refractivity contribution in [3.63, 3.8) is 0 Å². The van der Waals surface area contributed by atoms with Gasteiger partial charge in [0, 0.05) is 17.7 Å². The van der Waals surface area contributed by atoms with E-state index in [2.05, 4.69) is 10.4 Å². The molecule has 2 aromatic carbocycles. The Kier molecular flexibility index (Phi) is 6.26. The summed E-state index contributed by atoms with van der Waals surface area (Å²) in [6, 6.07) is 10.5. The molecule has 0 bridgehead atoms. The normalized spacial score (nSPS) is 11.9. The molecule has 3 rings (SSSR count). The summed E-state index contributed by atoms with van der Waals surface area (Å²) >= 11 is 0. The maximum absolute atomic E-state index is 13.8. The van der Waals surface area contributed by atoms with E-state index in [-0.39, 0.29) is 29.9 Å². The third-order valence-electron chi connectivity index (χ3n) is 4.82. The van der Waals surface area contributed by atoms with Gasteiger partial charge >= 0.3 is 0 Å². The summed E-state index contributed by atoms with van der Waals surface area (Å²) in [7, 11) is 1.41. The highest BCUT2D eigenvalue weighted by Gasteiger charge is 2.16. The molecule has 5 nitrogen and oxygen atoms in total. The zero-order valence-corrected chi connectivity index (χ0v) is 16.6. The monoisotopic (exact) mass is 399 g/mol. The van der Waals surface area contributed by atoms with Gasteiger partial charge in [0.15, 0.2) is 11.6 Å². The highest BCUT2D eigenvalue weighted by Crippen LogP contribution is 2.21. The van der Waals surface area contributed by atoms with E-state index in [1.807, 2.05) is 13.8 Å². The number of amides is 1. The lowest BCUT2D eigenvalue weighted by atomic mass is 10.1. The van der Waals surface area contributed by atoms with Crippen molar-refractivity contribution in [3.05, 3.63) is 77.1 Å². The van der Waals surface area contributed by atoms with Gasteiger partial charge in [-0.05, 0) is 62.2 Å². The van der Waals surface area contributed by atoms with Crippen molar-refractivity contribution in [3.8, 4) is 11.4 Å². The number of aromatic nitrogens is 2. The average molecular weight is 399 g/mol.